The molecule has 6 heteroatoms. The SMILES string of the molecule is CCC(CNC(=O)CN(c1ccc(C(C)C)cc1)S(C)(=O)=O)Cc1ccccc1. The molecule has 0 aromatic heterocycles. The van der Waals surface area contributed by atoms with E-state index in [2.05, 4.69) is 38.2 Å². The number of amides is 1. The van der Waals surface area contributed by atoms with E-state index in [1.54, 1.807) is 12.1 Å². The molecule has 158 valence electrons. The third kappa shape index (κ3) is 7.20. The van der Waals surface area contributed by atoms with Crippen LogP contribution < -0.4 is 9.62 Å². The van der Waals surface area contributed by atoms with Crippen molar-refractivity contribution in [1.29, 1.82) is 0 Å². The van der Waals surface area contributed by atoms with Crippen molar-refractivity contribution in [3.05, 3.63) is 65.7 Å². The second-order valence-corrected chi connectivity index (χ2v) is 9.69. The minimum Gasteiger partial charge on any atom is -0.354 e. The molecule has 29 heavy (non-hydrogen) atoms. The predicted molar refractivity (Wildman–Crippen MR) is 120 cm³/mol. The lowest BCUT2D eigenvalue weighted by molar-refractivity contribution is -0.119. The van der Waals surface area contributed by atoms with Crippen molar-refractivity contribution < 1.29 is 13.2 Å². The van der Waals surface area contributed by atoms with E-state index in [9.17, 15) is 13.2 Å². The van der Waals surface area contributed by atoms with Crippen molar-refractivity contribution in [2.24, 2.45) is 5.92 Å². The van der Waals surface area contributed by atoms with Gasteiger partial charge >= 0.3 is 0 Å². The zero-order valence-corrected chi connectivity index (χ0v) is 18.6. The number of hydrogen-bond donors (Lipinski definition) is 1. The van der Waals surface area contributed by atoms with Crippen molar-refractivity contribution in [2.75, 3.05) is 23.7 Å². The largest absolute Gasteiger partial charge is 0.354 e. The fourth-order valence-electron chi connectivity index (χ4n) is 3.18. The Labute approximate surface area is 175 Å². The maximum Gasteiger partial charge on any atom is 0.240 e. The molecule has 0 spiro atoms. The van der Waals surface area contributed by atoms with Crippen LogP contribution in [-0.2, 0) is 21.2 Å². The summed E-state index contributed by atoms with van der Waals surface area (Å²) in [6.45, 7) is 6.56. The molecule has 0 fully saturated rings. The molecular weight excluding hydrogens is 384 g/mol. The lowest BCUT2D eigenvalue weighted by atomic mass is 9.97. The molecule has 1 N–H and O–H groups in total. The van der Waals surface area contributed by atoms with Crippen molar-refractivity contribution in [2.45, 2.75) is 39.5 Å². The van der Waals surface area contributed by atoms with Crippen LogP contribution in [-0.4, -0.2) is 33.7 Å². The molecule has 0 heterocycles. The highest BCUT2D eigenvalue weighted by Gasteiger charge is 2.21. The number of sulfonamides is 1. The first-order valence-electron chi connectivity index (χ1n) is 10.1. The van der Waals surface area contributed by atoms with Crippen LogP contribution in [0, 0.1) is 5.92 Å². The summed E-state index contributed by atoms with van der Waals surface area (Å²) in [5, 5.41) is 2.91. The molecule has 0 aliphatic heterocycles. The van der Waals surface area contributed by atoms with Gasteiger partial charge in [-0.25, -0.2) is 8.42 Å². The van der Waals surface area contributed by atoms with Gasteiger partial charge in [-0.1, -0.05) is 69.7 Å². The first kappa shape index (κ1) is 22.9. The zero-order valence-electron chi connectivity index (χ0n) is 17.8. The van der Waals surface area contributed by atoms with E-state index in [1.165, 1.54) is 5.56 Å². The molecule has 0 saturated heterocycles. The van der Waals surface area contributed by atoms with Gasteiger partial charge in [0.25, 0.3) is 0 Å². The maximum atomic E-state index is 12.5. The first-order valence-corrected chi connectivity index (χ1v) is 11.9. The van der Waals surface area contributed by atoms with Gasteiger partial charge in [0.2, 0.25) is 15.9 Å². The zero-order chi connectivity index (χ0) is 21.4. The Morgan fingerprint density at radius 3 is 2.17 bits per heavy atom. The van der Waals surface area contributed by atoms with Crippen molar-refractivity contribution in [3.63, 3.8) is 0 Å². The minimum absolute atomic E-state index is 0.221. The Morgan fingerprint density at radius 2 is 1.66 bits per heavy atom. The number of nitrogens with zero attached hydrogens (tertiary/aromatic N) is 1. The Hall–Kier alpha value is -2.34. The quantitative estimate of drug-likeness (QED) is 0.637. The van der Waals surface area contributed by atoms with Gasteiger partial charge in [0.15, 0.2) is 0 Å². The van der Waals surface area contributed by atoms with Gasteiger partial charge in [-0.3, -0.25) is 9.10 Å². The van der Waals surface area contributed by atoms with E-state index in [0.717, 1.165) is 29.0 Å². The van der Waals surface area contributed by atoms with Gasteiger partial charge in [-0.05, 0) is 41.5 Å². The molecule has 2 aromatic carbocycles. The van der Waals surface area contributed by atoms with Crippen LogP contribution in [0.5, 0.6) is 0 Å². The van der Waals surface area contributed by atoms with Crippen LogP contribution in [0.4, 0.5) is 5.69 Å². The number of carbonyl (C=O) groups excluding carboxylic acids is 1. The molecule has 0 saturated carbocycles. The van der Waals surface area contributed by atoms with Crippen LogP contribution in [0.2, 0.25) is 0 Å². The minimum atomic E-state index is -3.57. The Morgan fingerprint density at radius 1 is 1.03 bits per heavy atom. The Kier molecular flexibility index (Phi) is 8.26. The smallest absolute Gasteiger partial charge is 0.240 e. The lowest BCUT2D eigenvalue weighted by Crippen LogP contribution is -2.41. The maximum absolute atomic E-state index is 12.5. The summed E-state index contributed by atoms with van der Waals surface area (Å²) in [4.78, 5) is 12.5. The third-order valence-corrected chi connectivity index (χ3v) is 6.21. The Balaban J connectivity index is 2.00. The average Bonchev–Trinajstić information content (AvgIpc) is 2.69. The van der Waals surface area contributed by atoms with Crippen LogP contribution in [0.3, 0.4) is 0 Å². The van der Waals surface area contributed by atoms with Crippen LogP contribution in [0.1, 0.15) is 44.2 Å². The molecule has 5 nitrogen and oxygen atoms in total. The number of anilines is 1. The highest BCUT2D eigenvalue weighted by molar-refractivity contribution is 7.92. The van der Waals surface area contributed by atoms with E-state index in [0.29, 0.717) is 24.1 Å². The number of nitrogens with one attached hydrogen (secondary N) is 1. The van der Waals surface area contributed by atoms with E-state index >= 15 is 0 Å². The second kappa shape index (κ2) is 10.4. The van der Waals surface area contributed by atoms with Crippen LogP contribution >= 0.6 is 0 Å². The first-order chi connectivity index (χ1) is 13.7. The summed E-state index contributed by atoms with van der Waals surface area (Å²) in [6.07, 6.45) is 2.94. The molecule has 0 radical (unpaired) electrons. The molecule has 1 atom stereocenters. The second-order valence-electron chi connectivity index (χ2n) is 7.78. The molecule has 0 bridgehead atoms. The fourth-order valence-corrected chi connectivity index (χ4v) is 4.03. The summed E-state index contributed by atoms with van der Waals surface area (Å²) in [5.74, 6) is 0.364. The van der Waals surface area contributed by atoms with Gasteiger partial charge in [0.1, 0.15) is 6.54 Å². The molecule has 0 aliphatic rings. The topological polar surface area (TPSA) is 66.5 Å². The van der Waals surface area contributed by atoms with Crippen molar-refractivity contribution in [1.82, 2.24) is 5.32 Å². The monoisotopic (exact) mass is 416 g/mol. The average molecular weight is 417 g/mol. The molecule has 1 amide bonds. The Bertz CT molecular complexity index is 878. The van der Waals surface area contributed by atoms with E-state index in [4.69, 9.17) is 0 Å². The molecule has 0 aliphatic carbocycles. The predicted octanol–water partition coefficient (Wildman–Crippen LogP) is 3.96. The van der Waals surface area contributed by atoms with Crippen LogP contribution in [0.25, 0.3) is 0 Å². The summed E-state index contributed by atoms with van der Waals surface area (Å²) >= 11 is 0. The molecule has 1 unspecified atom stereocenters. The summed E-state index contributed by atoms with van der Waals surface area (Å²) in [5.41, 5.74) is 2.86. The molecule has 2 rings (SSSR count). The van der Waals surface area contributed by atoms with Crippen molar-refractivity contribution >= 4 is 21.6 Å². The highest BCUT2D eigenvalue weighted by Crippen LogP contribution is 2.22. The van der Waals surface area contributed by atoms with Gasteiger partial charge < -0.3 is 5.32 Å². The van der Waals surface area contributed by atoms with Gasteiger partial charge in [-0.15, -0.1) is 0 Å². The number of carbonyl (C=O) groups is 1. The lowest BCUT2D eigenvalue weighted by Gasteiger charge is -2.23. The molecular formula is C23H32N2O3S. The summed E-state index contributed by atoms with van der Waals surface area (Å²) < 4.78 is 25.7. The number of rotatable bonds is 10. The van der Waals surface area contributed by atoms with Gasteiger partial charge in [0, 0.05) is 6.54 Å². The fraction of sp³-hybridized carbons (Fsp3) is 0.435. The number of benzene rings is 2. The summed E-state index contributed by atoms with van der Waals surface area (Å²) in [6, 6.07) is 17.5. The normalized spacial score (nSPS) is 12.6. The summed E-state index contributed by atoms with van der Waals surface area (Å²) in [7, 11) is -3.57. The molecule has 2 aromatic rings. The van der Waals surface area contributed by atoms with E-state index in [1.807, 2.05) is 30.3 Å². The van der Waals surface area contributed by atoms with Crippen LogP contribution in [0.15, 0.2) is 54.6 Å². The third-order valence-electron chi connectivity index (χ3n) is 5.07. The van der Waals surface area contributed by atoms with E-state index in [-0.39, 0.29) is 12.5 Å². The number of hydrogen-bond acceptors (Lipinski definition) is 3. The van der Waals surface area contributed by atoms with Gasteiger partial charge in [-0.2, -0.15) is 0 Å². The van der Waals surface area contributed by atoms with Crippen molar-refractivity contribution in [3.8, 4) is 0 Å². The van der Waals surface area contributed by atoms with E-state index < -0.39 is 10.0 Å². The highest BCUT2D eigenvalue weighted by atomic mass is 32.2. The van der Waals surface area contributed by atoms with Gasteiger partial charge in [0.05, 0.1) is 11.9 Å². The standard InChI is InChI=1S/C23H32N2O3S/c1-5-19(15-20-9-7-6-8-10-20)16-24-23(26)17-25(29(4,27)28)22-13-11-21(12-14-22)18(2)3/h6-14,18-19H,5,15-17H2,1-4H3,(H,24,26).